The molecule has 0 unspecified atom stereocenters. The highest BCUT2D eigenvalue weighted by atomic mass is 35.5. The van der Waals surface area contributed by atoms with Gasteiger partial charge in [-0.05, 0) is 51.8 Å². The summed E-state index contributed by atoms with van der Waals surface area (Å²) in [4.78, 5) is 31.9. The lowest BCUT2D eigenvalue weighted by Gasteiger charge is -2.40. The number of carbonyl (C=O) groups is 1. The first-order valence-corrected chi connectivity index (χ1v) is 16.7. The Morgan fingerprint density at radius 2 is 1.98 bits per heavy atom. The molecule has 9 nitrogen and oxygen atoms in total. The van der Waals surface area contributed by atoms with Gasteiger partial charge in [0.1, 0.15) is 6.33 Å². The molecule has 0 amide bonds. The van der Waals surface area contributed by atoms with Crippen molar-refractivity contribution >= 4 is 45.7 Å². The summed E-state index contributed by atoms with van der Waals surface area (Å²) in [6, 6.07) is 4.18. The van der Waals surface area contributed by atoms with Gasteiger partial charge in [0.05, 0.1) is 29.3 Å². The number of nitrogens with one attached hydrogen (secondary N) is 1. The zero-order valence-electron chi connectivity index (χ0n) is 26.0. The van der Waals surface area contributed by atoms with Crippen molar-refractivity contribution in [3.8, 4) is 11.3 Å². The van der Waals surface area contributed by atoms with Gasteiger partial charge in [-0.1, -0.05) is 35.9 Å². The van der Waals surface area contributed by atoms with Crippen LogP contribution >= 0.6 is 22.9 Å². The monoisotopic (exact) mass is 683 g/mol. The van der Waals surface area contributed by atoms with Crippen LogP contribution in [0.2, 0.25) is 5.02 Å². The number of esters is 1. The van der Waals surface area contributed by atoms with Crippen molar-refractivity contribution in [1.82, 2.24) is 24.8 Å². The molecule has 5 rings (SSSR count). The number of thiazole rings is 1. The third kappa shape index (κ3) is 7.89. The highest BCUT2D eigenvalue weighted by Crippen LogP contribution is 2.41. The van der Waals surface area contributed by atoms with Crippen LogP contribution < -0.4 is 10.2 Å². The number of piperazine rings is 1. The summed E-state index contributed by atoms with van der Waals surface area (Å²) in [5, 5.41) is 2.90. The molecule has 0 radical (unpaired) electrons. The number of hydrogen-bond acceptors (Lipinski definition) is 10. The fourth-order valence-electron chi connectivity index (χ4n) is 6.14. The minimum atomic E-state index is -4.63. The molecule has 3 aromatic rings. The van der Waals surface area contributed by atoms with E-state index < -0.39 is 17.6 Å². The Balaban J connectivity index is 1.38. The minimum Gasteiger partial charge on any atom is -0.466 e. The van der Waals surface area contributed by atoms with Crippen LogP contribution in [0, 0.1) is 5.82 Å². The Morgan fingerprint density at radius 3 is 2.70 bits per heavy atom. The Bertz CT molecular complexity index is 1520. The first kappa shape index (κ1) is 34.3. The second-order valence-corrected chi connectivity index (χ2v) is 13.0. The average molecular weight is 684 g/mol. The molecule has 0 bridgehead atoms. The molecular weight excluding hydrogens is 646 g/mol. The van der Waals surface area contributed by atoms with Crippen molar-refractivity contribution in [2.24, 2.45) is 0 Å². The number of ether oxygens (including phenoxy) is 1. The topological polar surface area (TPSA) is 86.7 Å². The second kappa shape index (κ2) is 14.8. The Hall–Kier alpha value is -3.07. The Kier molecular flexibility index (Phi) is 11.0. The van der Waals surface area contributed by atoms with E-state index in [0.717, 1.165) is 36.8 Å². The molecule has 0 spiro atoms. The minimum absolute atomic E-state index is 0.0385. The van der Waals surface area contributed by atoms with Crippen LogP contribution in [0.5, 0.6) is 0 Å². The molecule has 0 aliphatic carbocycles. The molecule has 0 saturated carbocycles. The van der Waals surface area contributed by atoms with E-state index in [9.17, 15) is 18.0 Å². The summed E-state index contributed by atoms with van der Waals surface area (Å²) in [5.41, 5.74) is -0.268. The van der Waals surface area contributed by atoms with E-state index in [0.29, 0.717) is 56.2 Å². The van der Waals surface area contributed by atoms with Crippen LogP contribution in [0.4, 0.5) is 34.3 Å². The van der Waals surface area contributed by atoms with E-state index in [4.69, 9.17) is 16.3 Å². The molecule has 2 aliphatic rings. The van der Waals surface area contributed by atoms with Gasteiger partial charge in [-0.3, -0.25) is 14.6 Å². The number of hydrogen-bond donors (Lipinski definition) is 1. The number of benzene rings is 1. The van der Waals surface area contributed by atoms with E-state index in [1.807, 2.05) is 11.8 Å². The van der Waals surface area contributed by atoms with Crippen molar-refractivity contribution < 1.29 is 27.1 Å². The van der Waals surface area contributed by atoms with E-state index in [2.05, 4.69) is 37.0 Å². The molecular formula is C31H38ClF4N7O2S. The van der Waals surface area contributed by atoms with Crippen molar-refractivity contribution in [2.75, 3.05) is 49.5 Å². The maximum atomic E-state index is 15.9. The highest BCUT2D eigenvalue weighted by molar-refractivity contribution is 7.16. The van der Waals surface area contributed by atoms with E-state index in [1.54, 1.807) is 6.92 Å². The molecule has 2 saturated heterocycles. The maximum absolute atomic E-state index is 15.9. The summed E-state index contributed by atoms with van der Waals surface area (Å²) < 4.78 is 62.2. The number of carbonyl (C=O) groups excluding carboxylic acids is 1. The summed E-state index contributed by atoms with van der Waals surface area (Å²) in [6.07, 6.45) is 0.00394. The van der Waals surface area contributed by atoms with Gasteiger partial charge in [0.25, 0.3) is 0 Å². The molecule has 15 heteroatoms. The van der Waals surface area contributed by atoms with E-state index in [1.165, 1.54) is 29.8 Å². The average Bonchev–Trinajstić information content (AvgIpc) is 3.64. The first-order valence-electron chi connectivity index (χ1n) is 15.5. The lowest BCUT2D eigenvalue weighted by atomic mass is 10.1. The first-order chi connectivity index (χ1) is 22.0. The molecule has 2 aromatic heterocycles. The van der Waals surface area contributed by atoms with Gasteiger partial charge >= 0.3 is 12.1 Å². The summed E-state index contributed by atoms with van der Waals surface area (Å²) in [5.74, 6) is -0.828. The van der Waals surface area contributed by atoms with Crippen LogP contribution in [0.1, 0.15) is 56.9 Å². The number of rotatable bonds is 11. The smallest absolute Gasteiger partial charge is 0.417 e. The van der Waals surface area contributed by atoms with Gasteiger partial charge in [0, 0.05) is 55.2 Å². The maximum Gasteiger partial charge on any atom is 0.417 e. The van der Waals surface area contributed by atoms with E-state index >= 15 is 4.39 Å². The van der Waals surface area contributed by atoms with Gasteiger partial charge in [0.2, 0.25) is 5.82 Å². The lowest BCUT2D eigenvalue weighted by Crippen LogP contribution is -2.52. The number of alkyl halides is 3. The predicted octanol–water partition coefficient (Wildman–Crippen LogP) is 6.99. The molecule has 1 N–H and O–H groups in total. The quantitative estimate of drug-likeness (QED) is 0.170. The molecule has 2 atom stereocenters. The van der Waals surface area contributed by atoms with Crippen molar-refractivity contribution in [3.63, 3.8) is 0 Å². The molecule has 4 heterocycles. The number of likely N-dealkylation sites (tertiary alicyclic amines) is 1. The standard InChI is InChI=1S/C31H38ClF4N7O2S/c1-4-21-7-6-11-42(21)17-24-27(20-8-9-23(32)22(15-20)31(34,35)36)39-30(46-24)40-28-26(33)29(38-18-37-28)43-14-13-41(19(3)16-43)12-10-25(44)45-5-2/h8-9,15,18-19,21H,4-7,10-14,16-17H2,1-3H3,(H,37,38,39,40)/t19-,21+/m0/s1. The number of halogens is 5. The third-order valence-electron chi connectivity index (χ3n) is 8.53. The largest absolute Gasteiger partial charge is 0.466 e. The van der Waals surface area contributed by atoms with Crippen LogP contribution in [-0.2, 0) is 22.3 Å². The van der Waals surface area contributed by atoms with Crippen molar-refractivity contribution in [2.45, 2.75) is 71.3 Å². The summed E-state index contributed by atoms with van der Waals surface area (Å²) >= 11 is 7.17. The Labute approximate surface area is 274 Å². The van der Waals surface area contributed by atoms with Crippen molar-refractivity contribution in [1.29, 1.82) is 0 Å². The SMILES string of the molecule is CCOC(=O)CCN1CCN(c2ncnc(Nc3nc(-c4ccc(Cl)c(C(F)(F)F)c4)c(CN4CCC[C@H]4CC)s3)c2F)C[C@@H]1C. The van der Waals surface area contributed by atoms with Crippen LogP contribution in [0.15, 0.2) is 24.5 Å². The van der Waals surface area contributed by atoms with Crippen LogP contribution in [-0.4, -0.2) is 82.1 Å². The summed E-state index contributed by atoms with van der Waals surface area (Å²) in [7, 11) is 0. The molecule has 46 heavy (non-hydrogen) atoms. The van der Waals surface area contributed by atoms with Gasteiger partial charge in [-0.15, -0.1) is 0 Å². The molecule has 1 aromatic carbocycles. The molecule has 2 aliphatic heterocycles. The Morgan fingerprint density at radius 1 is 1.17 bits per heavy atom. The summed E-state index contributed by atoms with van der Waals surface area (Å²) in [6.45, 7) is 9.79. The number of anilines is 3. The zero-order chi connectivity index (χ0) is 33.0. The predicted molar refractivity (Wildman–Crippen MR) is 171 cm³/mol. The fraction of sp³-hybridized carbons (Fsp3) is 0.548. The van der Waals surface area contributed by atoms with Gasteiger partial charge in [-0.25, -0.2) is 15.0 Å². The third-order valence-corrected chi connectivity index (χ3v) is 9.81. The van der Waals surface area contributed by atoms with Gasteiger partial charge < -0.3 is 15.0 Å². The van der Waals surface area contributed by atoms with Crippen molar-refractivity contribution in [3.05, 3.63) is 45.8 Å². The van der Waals surface area contributed by atoms with Gasteiger partial charge in [0.15, 0.2) is 16.8 Å². The molecule has 2 fully saturated rings. The van der Waals surface area contributed by atoms with Crippen LogP contribution in [0.25, 0.3) is 11.3 Å². The normalized spacial score (nSPS) is 19.5. The second-order valence-electron chi connectivity index (χ2n) is 11.5. The number of aromatic nitrogens is 3. The van der Waals surface area contributed by atoms with Gasteiger partial charge in [-0.2, -0.15) is 17.6 Å². The van der Waals surface area contributed by atoms with E-state index in [-0.39, 0.29) is 40.7 Å². The lowest BCUT2D eigenvalue weighted by molar-refractivity contribution is -0.143. The number of nitrogens with zero attached hydrogens (tertiary/aromatic N) is 6. The molecule has 250 valence electrons. The van der Waals surface area contributed by atoms with Crippen LogP contribution in [0.3, 0.4) is 0 Å². The highest BCUT2D eigenvalue weighted by Gasteiger charge is 2.34. The zero-order valence-corrected chi connectivity index (χ0v) is 27.6. The fourth-order valence-corrected chi connectivity index (χ4v) is 7.37.